The van der Waals surface area contributed by atoms with Crippen LogP contribution in [0.3, 0.4) is 0 Å². The van der Waals surface area contributed by atoms with E-state index >= 15 is 0 Å². The molecule has 0 aromatic heterocycles. The van der Waals surface area contributed by atoms with Gasteiger partial charge in [0.2, 0.25) is 0 Å². The van der Waals surface area contributed by atoms with Gasteiger partial charge in [-0.15, -0.1) is 11.8 Å². The highest BCUT2D eigenvalue weighted by molar-refractivity contribution is 9.10. The van der Waals surface area contributed by atoms with Crippen molar-refractivity contribution in [2.75, 3.05) is 7.05 Å². The van der Waals surface area contributed by atoms with Gasteiger partial charge in [0, 0.05) is 21.2 Å². The fourth-order valence-corrected chi connectivity index (χ4v) is 3.75. The summed E-state index contributed by atoms with van der Waals surface area (Å²) in [5, 5.41) is 3.32. The molecule has 0 radical (unpaired) electrons. The molecule has 1 N–H and O–H groups in total. The SMILES string of the molecule is CNC(C)c1ccc(Br)cc1SCc1cccc(C)c1. The predicted molar refractivity (Wildman–Crippen MR) is 92.4 cm³/mol. The zero-order valence-corrected chi connectivity index (χ0v) is 14.5. The maximum absolute atomic E-state index is 3.57. The summed E-state index contributed by atoms with van der Waals surface area (Å²) in [5.74, 6) is 1.00. The van der Waals surface area contributed by atoms with Gasteiger partial charge in [-0.2, -0.15) is 0 Å². The van der Waals surface area contributed by atoms with Crippen LogP contribution in [0, 0.1) is 6.92 Å². The highest BCUT2D eigenvalue weighted by atomic mass is 79.9. The molecule has 3 heteroatoms. The van der Waals surface area contributed by atoms with Crippen LogP contribution in [-0.4, -0.2) is 7.05 Å². The number of halogens is 1. The van der Waals surface area contributed by atoms with E-state index in [1.165, 1.54) is 21.6 Å². The van der Waals surface area contributed by atoms with Crippen molar-refractivity contribution in [3.8, 4) is 0 Å². The number of aryl methyl sites for hydroxylation is 1. The summed E-state index contributed by atoms with van der Waals surface area (Å²) in [6, 6.07) is 15.6. The van der Waals surface area contributed by atoms with Gasteiger partial charge in [-0.3, -0.25) is 0 Å². The molecule has 0 aliphatic rings. The first-order valence-corrected chi connectivity index (χ1v) is 8.53. The molecule has 106 valence electrons. The minimum Gasteiger partial charge on any atom is -0.313 e. The highest BCUT2D eigenvalue weighted by Crippen LogP contribution is 2.32. The second-order valence-electron chi connectivity index (χ2n) is 4.97. The second-order valence-corrected chi connectivity index (χ2v) is 6.90. The molecule has 2 aromatic carbocycles. The van der Waals surface area contributed by atoms with E-state index in [0.717, 1.165) is 10.2 Å². The number of hydrogen-bond acceptors (Lipinski definition) is 2. The molecular weight excluding hydrogens is 330 g/mol. The Bertz CT molecular complexity index is 583. The van der Waals surface area contributed by atoms with E-state index in [0.29, 0.717) is 6.04 Å². The topological polar surface area (TPSA) is 12.0 Å². The van der Waals surface area contributed by atoms with Gasteiger partial charge in [-0.05, 0) is 44.2 Å². The van der Waals surface area contributed by atoms with E-state index in [9.17, 15) is 0 Å². The van der Waals surface area contributed by atoms with Crippen LogP contribution in [0.4, 0.5) is 0 Å². The van der Waals surface area contributed by atoms with Crippen LogP contribution in [0.25, 0.3) is 0 Å². The third-order valence-electron chi connectivity index (χ3n) is 3.35. The van der Waals surface area contributed by atoms with Crippen molar-refractivity contribution in [2.45, 2.75) is 30.5 Å². The molecule has 0 aliphatic heterocycles. The Kier molecular flexibility index (Phi) is 5.70. The van der Waals surface area contributed by atoms with Gasteiger partial charge in [-0.25, -0.2) is 0 Å². The van der Waals surface area contributed by atoms with E-state index in [4.69, 9.17) is 0 Å². The molecule has 2 rings (SSSR count). The molecule has 0 heterocycles. The first kappa shape index (κ1) is 15.6. The molecule has 2 aromatic rings. The summed E-state index contributed by atoms with van der Waals surface area (Å²) in [7, 11) is 2.00. The van der Waals surface area contributed by atoms with Crippen molar-refractivity contribution in [1.29, 1.82) is 0 Å². The van der Waals surface area contributed by atoms with Crippen LogP contribution in [0.1, 0.15) is 29.7 Å². The normalized spacial score (nSPS) is 12.4. The summed E-state index contributed by atoms with van der Waals surface area (Å²) >= 11 is 5.47. The lowest BCUT2D eigenvalue weighted by Crippen LogP contribution is -2.13. The largest absolute Gasteiger partial charge is 0.313 e. The number of nitrogens with one attached hydrogen (secondary N) is 1. The molecule has 0 fully saturated rings. The summed E-state index contributed by atoms with van der Waals surface area (Å²) in [6.07, 6.45) is 0. The molecule has 1 atom stereocenters. The van der Waals surface area contributed by atoms with E-state index in [1.54, 1.807) is 0 Å². The van der Waals surface area contributed by atoms with Crippen LogP contribution >= 0.6 is 27.7 Å². The average Bonchev–Trinajstić information content (AvgIpc) is 2.44. The molecular formula is C17H20BrNS. The van der Waals surface area contributed by atoms with Crippen LogP contribution < -0.4 is 5.32 Å². The number of thioether (sulfide) groups is 1. The quantitative estimate of drug-likeness (QED) is 0.732. The Labute approximate surface area is 134 Å². The van der Waals surface area contributed by atoms with Gasteiger partial charge in [0.15, 0.2) is 0 Å². The number of rotatable bonds is 5. The Morgan fingerprint density at radius 3 is 2.70 bits per heavy atom. The van der Waals surface area contributed by atoms with E-state index in [1.807, 2.05) is 18.8 Å². The van der Waals surface area contributed by atoms with Crippen molar-refractivity contribution in [2.24, 2.45) is 0 Å². The van der Waals surface area contributed by atoms with Crippen molar-refractivity contribution < 1.29 is 0 Å². The van der Waals surface area contributed by atoms with E-state index in [-0.39, 0.29) is 0 Å². The first-order valence-electron chi connectivity index (χ1n) is 6.75. The molecule has 0 amide bonds. The molecule has 0 saturated heterocycles. The van der Waals surface area contributed by atoms with Crippen molar-refractivity contribution in [3.63, 3.8) is 0 Å². The molecule has 1 nitrogen and oxygen atoms in total. The maximum atomic E-state index is 3.57. The van der Waals surface area contributed by atoms with Crippen LogP contribution in [-0.2, 0) is 5.75 Å². The summed E-state index contributed by atoms with van der Waals surface area (Å²) in [4.78, 5) is 1.34. The van der Waals surface area contributed by atoms with Gasteiger partial charge in [0.1, 0.15) is 0 Å². The first-order chi connectivity index (χ1) is 9.60. The Hall–Kier alpha value is -0.770. The lowest BCUT2D eigenvalue weighted by Gasteiger charge is -2.16. The van der Waals surface area contributed by atoms with Gasteiger partial charge in [0.25, 0.3) is 0 Å². The van der Waals surface area contributed by atoms with Gasteiger partial charge >= 0.3 is 0 Å². The Morgan fingerprint density at radius 1 is 1.20 bits per heavy atom. The molecule has 0 bridgehead atoms. The highest BCUT2D eigenvalue weighted by Gasteiger charge is 2.10. The van der Waals surface area contributed by atoms with Gasteiger partial charge < -0.3 is 5.32 Å². The van der Waals surface area contributed by atoms with Crippen LogP contribution in [0.5, 0.6) is 0 Å². The van der Waals surface area contributed by atoms with Gasteiger partial charge in [-0.1, -0.05) is 51.8 Å². The van der Waals surface area contributed by atoms with Crippen molar-refractivity contribution in [3.05, 3.63) is 63.6 Å². The zero-order valence-electron chi connectivity index (χ0n) is 12.1. The Morgan fingerprint density at radius 2 is 2.00 bits per heavy atom. The van der Waals surface area contributed by atoms with E-state index < -0.39 is 0 Å². The summed E-state index contributed by atoms with van der Waals surface area (Å²) < 4.78 is 1.14. The monoisotopic (exact) mass is 349 g/mol. The summed E-state index contributed by atoms with van der Waals surface area (Å²) in [5.41, 5.74) is 4.05. The molecule has 0 aliphatic carbocycles. The lowest BCUT2D eigenvalue weighted by atomic mass is 10.1. The Balaban J connectivity index is 2.18. The minimum absolute atomic E-state index is 0.364. The fraction of sp³-hybridized carbons (Fsp3) is 0.294. The maximum Gasteiger partial charge on any atom is 0.0300 e. The lowest BCUT2D eigenvalue weighted by molar-refractivity contribution is 0.641. The zero-order chi connectivity index (χ0) is 14.5. The summed E-state index contributed by atoms with van der Waals surface area (Å²) in [6.45, 7) is 4.34. The third-order valence-corrected chi connectivity index (χ3v) is 4.99. The molecule has 0 saturated carbocycles. The van der Waals surface area contributed by atoms with Crippen LogP contribution in [0.15, 0.2) is 51.8 Å². The minimum atomic E-state index is 0.364. The molecule has 1 unspecified atom stereocenters. The fourth-order valence-electron chi connectivity index (χ4n) is 2.11. The van der Waals surface area contributed by atoms with Gasteiger partial charge in [0.05, 0.1) is 0 Å². The third kappa shape index (κ3) is 4.11. The van der Waals surface area contributed by atoms with Crippen molar-refractivity contribution in [1.82, 2.24) is 5.32 Å². The average molecular weight is 350 g/mol. The second kappa shape index (κ2) is 7.30. The van der Waals surface area contributed by atoms with E-state index in [2.05, 4.69) is 77.6 Å². The standard InChI is InChI=1S/C17H20BrNS/c1-12-5-4-6-14(9-12)11-20-17-10-15(18)7-8-16(17)13(2)19-3/h4-10,13,19H,11H2,1-3H3. The molecule has 20 heavy (non-hydrogen) atoms. The van der Waals surface area contributed by atoms with Crippen molar-refractivity contribution >= 4 is 27.7 Å². The van der Waals surface area contributed by atoms with Crippen LogP contribution in [0.2, 0.25) is 0 Å². The predicted octanol–water partition coefficient (Wildman–Crippen LogP) is 5.33. The number of hydrogen-bond donors (Lipinski definition) is 1. The molecule has 0 spiro atoms. The smallest absolute Gasteiger partial charge is 0.0300 e. The number of benzene rings is 2.